The first kappa shape index (κ1) is 13.0. The Hall–Kier alpha value is -1.09. The smallest absolute Gasteiger partial charge is 0.128 e. The fourth-order valence-electron chi connectivity index (χ4n) is 1.16. The minimum absolute atomic E-state index is 0.261. The molecule has 0 amide bonds. The SMILES string of the molecule is CC(C)C(C)(C)Oc1ccc(F)c(CO)c1. The van der Waals surface area contributed by atoms with Crippen LogP contribution in [-0.2, 0) is 6.61 Å². The van der Waals surface area contributed by atoms with Crippen molar-refractivity contribution in [3.05, 3.63) is 29.6 Å². The summed E-state index contributed by atoms with van der Waals surface area (Å²) in [5.41, 5.74) is -0.0538. The molecule has 1 N–H and O–H groups in total. The summed E-state index contributed by atoms with van der Waals surface area (Å²) in [5, 5.41) is 8.95. The lowest BCUT2D eigenvalue weighted by atomic mass is 9.94. The summed E-state index contributed by atoms with van der Waals surface area (Å²) in [6.45, 7) is 7.79. The van der Waals surface area contributed by atoms with E-state index in [4.69, 9.17) is 9.84 Å². The van der Waals surface area contributed by atoms with E-state index in [1.807, 2.05) is 13.8 Å². The first-order valence-electron chi connectivity index (χ1n) is 5.45. The second kappa shape index (κ2) is 4.83. The summed E-state index contributed by atoms with van der Waals surface area (Å²) < 4.78 is 18.9. The third kappa shape index (κ3) is 2.95. The summed E-state index contributed by atoms with van der Waals surface area (Å²) in [6, 6.07) is 4.44. The quantitative estimate of drug-likeness (QED) is 0.854. The molecule has 1 rings (SSSR count). The number of halogens is 1. The number of ether oxygens (including phenoxy) is 1. The zero-order valence-electron chi connectivity index (χ0n) is 10.2. The summed E-state index contributed by atoms with van der Waals surface area (Å²) >= 11 is 0. The van der Waals surface area contributed by atoms with Gasteiger partial charge in [-0.2, -0.15) is 0 Å². The molecule has 0 bridgehead atoms. The van der Waals surface area contributed by atoms with Gasteiger partial charge < -0.3 is 9.84 Å². The van der Waals surface area contributed by atoms with Gasteiger partial charge in [0.15, 0.2) is 0 Å². The van der Waals surface area contributed by atoms with Gasteiger partial charge in [-0.15, -0.1) is 0 Å². The van der Waals surface area contributed by atoms with E-state index < -0.39 is 5.82 Å². The maximum Gasteiger partial charge on any atom is 0.128 e. The fraction of sp³-hybridized carbons (Fsp3) is 0.538. The standard InChI is InChI=1S/C13H19FO2/c1-9(2)13(3,4)16-11-5-6-12(14)10(7-11)8-15/h5-7,9,15H,8H2,1-4H3. The molecule has 3 heteroatoms. The Kier molecular flexibility index (Phi) is 3.92. The highest BCUT2D eigenvalue weighted by Crippen LogP contribution is 2.26. The Morgan fingerprint density at radius 3 is 2.50 bits per heavy atom. The Morgan fingerprint density at radius 2 is 2.00 bits per heavy atom. The van der Waals surface area contributed by atoms with Crippen LogP contribution in [0, 0.1) is 11.7 Å². The number of aliphatic hydroxyl groups excluding tert-OH is 1. The van der Waals surface area contributed by atoms with Gasteiger partial charge in [-0.05, 0) is 38.0 Å². The molecule has 0 aliphatic rings. The molecule has 1 aromatic carbocycles. The van der Waals surface area contributed by atoms with Crippen LogP contribution in [0.3, 0.4) is 0 Å². The zero-order chi connectivity index (χ0) is 12.3. The van der Waals surface area contributed by atoms with Gasteiger partial charge in [0.1, 0.15) is 17.2 Å². The average molecular weight is 226 g/mol. The van der Waals surface area contributed by atoms with Crippen LogP contribution in [-0.4, -0.2) is 10.7 Å². The Labute approximate surface area is 96.1 Å². The van der Waals surface area contributed by atoms with Crippen molar-refractivity contribution in [3.63, 3.8) is 0 Å². The highest BCUT2D eigenvalue weighted by molar-refractivity contribution is 5.30. The Bertz CT molecular complexity index is 359. The highest BCUT2D eigenvalue weighted by Gasteiger charge is 2.24. The summed E-state index contributed by atoms with van der Waals surface area (Å²) in [5.74, 6) is 0.525. The molecule has 0 fully saturated rings. The first-order chi connectivity index (χ1) is 7.36. The van der Waals surface area contributed by atoms with Crippen LogP contribution < -0.4 is 4.74 Å². The van der Waals surface area contributed by atoms with Crippen molar-refractivity contribution in [2.24, 2.45) is 5.92 Å². The molecule has 16 heavy (non-hydrogen) atoms. The molecule has 0 heterocycles. The Morgan fingerprint density at radius 1 is 1.38 bits per heavy atom. The van der Waals surface area contributed by atoms with Gasteiger partial charge in [0.25, 0.3) is 0 Å². The minimum atomic E-state index is -0.405. The van der Waals surface area contributed by atoms with Crippen molar-refractivity contribution in [1.29, 1.82) is 0 Å². The zero-order valence-corrected chi connectivity index (χ0v) is 10.2. The van der Waals surface area contributed by atoms with Crippen molar-refractivity contribution in [3.8, 4) is 5.75 Å². The predicted molar refractivity (Wildman–Crippen MR) is 61.9 cm³/mol. The van der Waals surface area contributed by atoms with E-state index in [1.165, 1.54) is 6.07 Å². The van der Waals surface area contributed by atoms with Gasteiger partial charge in [0.2, 0.25) is 0 Å². The second-order valence-corrected chi connectivity index (χ2v) is 4.77. The van der Waals surface area contributed by atoms with Gasteiger partial charge in [-0.3, -0.25) is 0 Å². The van der Waals surface area contributed by atoms with Crippen molar-refractivity contribution in [2.75, 3.05) is 0 Å². The van der Waals surface area contributed by atoms with E-state index in [0.717, 1.165) is 0 Å². The first-order valence-corrected chi connectivity index (χ1v) is 5.45. The number of hydrogen-bond acceptors (Lipinski definition) is 2. The van der Waals surface area contributed by atoms with Crippen LogP contribution in [0.25, 0.3) is 0 Å². The normalized spacial score (nSPS) is 11.9. The third-order valence-electron chi connectivity index (χ3n) is 2.96. The lowest BCUT2D eigenvalue weighted by Crippen LogP contribution is -2.34. The topological polar surface area (TPSA) is 29.5 Å². The van der Waals surface area contributed by atoms with Gasteiger partial charge in [-0.1, -0.05) is 13.8 Å². The van der Waals surface area contributed by atoms with Crippen LogP contribution in [0.1, 0.15) is 33.3 Å². The van der Waals surface area contributed by atoms with Crippen LogP contribution in [0.4, 0.5) is 4.39 Å². The molecule has 1 aromatic rings. The maximum atomic E-state index is 13.1. The molecule has 0 saturated heterocycles. The summed E-state index contributed by atoms with van der Waals surface area (Å²) in [4.78, 5) is 0. The number of rotatable bonds is 4. The monoisotopic (exact) mass is 226 g/mol. The van der Waals surface area contributed by atoms with Crippen molar-refractivity contribution >= 4 is 0 Å². The molecule has 0 unspecified atom stereocenters. The van der Waals surface area contributed by atoms with Crippen molar-refractivity contribution in [2.45, 2.75) is 39.9 Å². The van der Waals surface area contributed by atoms with Gasteiger partial charge in [-0.25, -0.2) is 4.39 Å². The minimum Gasteiger partial charge on any atom is -0.488 e. The highest BCUT2D eigenvalue weighted by atomic mass is 19.1. The van der Waals surface area contributed by atoms with Gasteiger partial charge in [0, 0.05) is 5.56 Å². The van der Waals surface area contributed by atoms with Gasteiger partial charge in [0.05, 0.1) is 6.61 Å². The van der Waals surface area contributed by atoms with Crippen LogP contribution >= 0.6 is 0 Å². The maximum absolute atomic E-state index is 13.1. The summed E-state index contributed by atoms with van der Waals surface area (Å²) in [6.07, 6.45) is 0. The largest absolute Gasteiger partial charge is 0.488 e. The number of aliphatic hydroxyl groups is 1. The van der Waals surface area contributed by atoms with Crippen LogP contribution in [0.15, 0.2) is 18.2 Å². The van der Waals surface area contributed by atoms with Crippen LogP contribution in [0.5, 0.6) is 5.75 Å². The van der Waals surface area contributed by atoms with E-state index >= 15 is 0 Å². The molecule has 0 saturated carbocycles. The van der Waals surface area contributed by atoms with E-state index in [1.54, 1.807) is 12.1 Å². The molecular formula is C13H19FO2. The van der Waals surface area contributed by atoms with Crippen molar-refractivity contribution in [1.82, 2.24) is 0 Å². The Balaban J connectivity index is 2.90. The van der Waals surface area contributed by atoms with Crippen LogP contribution in [0.2, 0.25) is 0 Å². The molecule has 0 aliphatic carbocycles. The van der Waals surface area contributed by atoms with E-state index in [-0.39, 0.29) is 17.8 Å². The summed E-state index contributed by atoms with van der Waals surface area (Å²) in [7, 11) is 0. The molecule has 0 aromatic heterocycles. The average Bonchev–Trinajstić information content (AvgIpc) is 2.20. The second-order valence-electron chi connectivity index (χ2n) is 4.77. The third-order valence-corrected chi connectivity index (χ3v) is 2.96. The van der Waals surface area contributed by atoms with Gasteiger partial charge >= 0.3 is 0 Å². The molecule has 2 nitrogen and oxygen atoms in total. The molecular weight excluding hydrogens is 207 g/mol. The molecule has 0 radical (unpaired) electrons. The fourth-order valence-corrected chi connectivity index (χ4v) is 1.16. The molecule has 90 valence electrons. The van der Waals surface area contributed by atoms with E-state index in [0.29, 0.717) is 11.7 Å². The lowest BCUT2D eigenvalue weighted by molar-refractivity contribution is 0.0596. The van der Waals surface area contributed by atoms with Crippen molar-refractivity contribution < 1.29 is 14.2 Å². The molecule has 0 spiro atoms. The predicted octanol–water partition coefficient (Wildman–Crippen LogP) is 3.13. The lowest BCUT2D eigenvalue weighted by Gasteiger charge is -2.30. The molecule has 0 atom stereocenters. The van der Waals surface area contributed by atoms with E-state index in [9.17, 15) is 4.39 Å². The van der Waals surface area contributed by atoms with E-state index in [2.05, 4.69) is 13.8 Å². The number of hydrogen-bond donors (Lipinski definition) is 1. The number of benzene rings is 1. The molecule has 0 aliphatic heterocycles.